The Hall–Kier alpha value is -3.43. The van der Waals surface area contributed by atoms with Crippen LogP contribution in [0.4, 0.5) is 0 Å². The van der Waals surface area contributed by atoms with Gasteiger partial charge in [-0.3, -0.25) is 9.69 Å². The molecule has 9 heteroatoms. The van der Waals surface area contributed by atoms with E-state index >= 15 is 0 Å². The molecule has 3 aromatic rings. The molecule has 9 nitrogen and oxygen atoms in total. The maximum absolute atomic E-state index is 12.9. The van der Waals surface area contributed by atoms with Crippen molar-refractivity contribution in [3.8, 4) is 40.1 Å². The van der Waals surface area contributed by atoms with Crippen LogP contribution in [-0.4, -0.2) is 82.6 Å². The molecule has 34 heavy (non-hydrogen) atoms. The van der Waals surface area contributed by atoms with E-state index in [1.165, 1.54) is 20.3 Å². The van der Waals surface area contributed by atoms with Gasteiger partial charge < -0.3 is 33.4 Å². The highest BCUT2D eigenvalue weighted by Crippen LogP contribution is 2.42. The molecule has 182 valence electrons. The molecule has 0 unspecified atom stereocenters. The van der Waals surface area contributed by atoms with Crippen LogP contribution in [0.5, 0.6) is 28.7 Å². The fourth-order valence-corrected chi connectivity index (χ4v) is 4.05. The Morgan fingerprint density at radius 3 is 2.35 bits per heavy atom. The van der Waals surface area contributed by atoms with E-state index < -0.39 is 5.43 Å². The molecule has 0 spiro atoms. The highest BCUT2D eigenvalue weighted by molar-refractivity contribution is 5.89. The van der Waals surface area contributed by atoms with E-state index in [1.54, 1.807) is 31.4 Å². The summed E-state index contributed by atoms with van der Waals surface area (Å²) in [5.74, 6) is 1.51. The molecular formula is C25H30N2O7. The second-order valence-electron chi connectivity index (χ2n) is 8.17. The number of benzene rings is 2. The number of phenolic OH excluding ortho intramolecular Hbond substituents is 1. The molecule has 1 N–H and O–H groups in total. The highest BCUT2D eigenvalue weighted by Gasteiger charge is 2.21. The molecule has 0 saturated carbocycles. The van der Waals surface area contributed by atoms with E-state index in [0.717, 1.165) is 32.7 Å². The van der Waals surface area contributed by atoms with Gasteiger partial charge in [-0.25, -0.2) is 0 Å². The number of fused-ring (bicyclic) bond motifs is 1. The third-order valence-corrected chi connectivity index (χ3v) is 6.05. The number of nitrogens with zero attached hydrogens (tertiary/aromatic N) is 2. The van der Waals surface area contributed by atoms with Crippen molar-refractivity contribution >= 4 is 11.0 Å². The first-order chi connectivity index (χ1) is 16.4. The number of ether oxygens (including phenoxy) is 4. The molecule has 1 fully saturated rings. The third kappa shape index (κ3) is 4.76. The summed E-state index contributed by atoms with van der Waals surface area (Å²) in [6.07, 6.45) is 0. The number of aromatic hydroxyl groups is 1. The zero-order valence-corrected chi connectivity index (χ0v) is 19.9. The van der Waals surface area contributed by atoms with Gasteiger partial charge in [-0.2, -0.15) is 0 Å². The Bertz CT molecular complexity index is 1220. The third-order valence-electron chi connectivity index (χ3n) is 6.05. The lowest BCUT2D eigenvalue weighted by Crippen LogP contribution is -2.45. The van der Waals surface area contributed by atoms with Gasteiger partial charge in [0.25, 0.3) is 0 Å². The van der Waals surface area contributed by atoms with Crippen molar-refractivity contribution < 1.29 is 28.5 Å². The molecule has 1 saturated heterocycles. The van der Waals surface area contributed by atoms with Gasteiger partial charge in [0.1, 0.15) is 23.3 Å². The molecule has 1 aliphatic heterocycles. The number of phenols is 1. The Kier molecular flexibility index (Phi) is 7.14. The summed E-state index contributed by atoms with van der Waals surface area (Å²) in [6.45, 7) is 5.14. The van der Waals surface area contributed by atoms with Gasteiger partial charge >= 0.3 is 0 Å². The number of hydrogen-bond acceptors (Lipinski definition) is 9. The number of piperazine rings is 1. The van der Waals surface area contributed by atoms with Gasteiger partial charge in [-0.05, 0) is 25.2 Å². The van der Waals surface area contributed by atoms with E-state index in [2.05, 4.69) is 16.8 Å². The molecule has 0 radical (unpaired) electrons. The summed E-state index contributed by atoms with van der Waals surface area (Å²) in [5.41, 5.74) is 0.431. The summed E-state index contributed by atoms with van der Waals surface area (Å²) in [5, 5.41) is 10.8. The van der Waals surface area contributed by atoms with E-state index in [-0.39, 0.29) is 22.5 Å². The molecule has 1 aliphatic rings. The van der Waals surface area contributed by atoms with Crippen LogP contribution in [0, 0.1) is 0 Å². The van der Waals surface area contributed by atoms with Crippen LogP contribution in [0.2, 0.25) is 0 Å². The van der Waals surface area contributed by atoms with E-state index in [1.807, 2.05) is 0 Å². The molecule has 0 atom stereocenters. The number of rotatable bonds is 8. The Labute approximate surface area is 198 Å². The summed E-state index contributed by atoms with van der Waals surface area (Å²) in [6, 6.07) is 8.14. The monoisotopic (exact) mass is 470 g/mol. The summed E-state index contributed by atoms with van der Waals surface area (Å²) >= 11 is 0. The fraction of sp³-hybridized carbons (Fsp3) is 0.400. The van der Waals surface area contributed by atoms with Crippen molar-refractivity contribution in [3.05, 3.63) is 40.6 Å². The Morgan fingerprint density at radius 2 is 1.68 bits per heavy atom. The van der Waals surface area contributed by atoms with Crippen LogP contribution in [0.3, 0.4) is 0 Å². The molecule has 2 aromatic carbocycles. The van der Waals surface area contributed by atoms with Gasteiger partial charge in [0.15, 0.2) is 28.4 Å². The van der Waals surface area contributed by atoms with Crippen LogP contribution in [-0.2, 0) is 0 Å². The van der Waals surface area contributed by atoms with Crippen molar-refractivity contribution in [2.24, 2.45) is 0 Å². The number of likely N-dealkylation sites (N-methyl/N-ethyl adjacent to an activating group) is 1. The Balaban J connectivity index is 1.66. The molecular weight excluding hydrogens is 440 g/mol. The molecule has 4 rings (SSSR count). The van der Waals surface area contributed by atoms with Crippen molar-refractivity contribution in [1.82, 2.24) is 9.80 Å². The lowest BCUT2D eigenvalue weighted by Gasteiger charge is -2.32. The highest BCUT2D eigenvalue weighted by atomic mass is 16.5. The summed E-state index contributed by atoms with van der Waals surface area (Å²) < 4.78 is 28.0. The maximum Gasteiger partial charge on any atom is 0.204 e. The van der Waals surface area contributed by atoms with Gasteiger partial charge in [0, 0.05) is 50.4 Å². The predicted octanol–water partition coefficient (Wildman–Crippen LogP) is 2.82. The van der Waals surface area contributed by atoms with Gasteiger partial charge in [0.05, 0.1) is 21.3 Å². The smallest absolute Gasteiger partial charge is 0.204 e. The summed E-state index contributed by atoms with van der Waals surface area (Å²) in [7, 11) is 6.62. The average molecular weight is 471 g/mol. The topological polar surface area (TPSA) is 93.8 Å². The van der Waals surface area contributed by atoms with Crippen molar-refractivity contribution in [2.75, 3.05) is 67.7 Å². The van der Waals surface area contributed by atoms with E-state index in [0.29, 0.717) is 35.2 Å². The average Bonchev–Trinajstić information content (AvgIpc) is 2.84. The van der Waals surface area contributed by atoms with Crippen molar-refractivity contribution in [2.45, 2.75) is 0 Å². The van der Waals surface area contributed by atoms with Crippen LogP contribution in [0.15, 0.2) is 39.5 Å². The van der Waals surface area contributed by atoms with Gasteiger partial charge in [-0.15, -0.1) is 0 Å². The van der Waals surface area contributed by atoms with E-state index in [4.69, 9.17) is 23.4 Å². The largest absolute Gasteiger partial charge is 0.504 e. The standard InChI is InChI=1S/C25H30N2O7/c1-26-7-9-27(10-8-26)11-12-33-22-15-21-23(24(29)25(22)32-4)17(28)14-19(34-21)16-5-6-18(30-2)20(13-16)31-3/h5-6,13-15,29H,7-12H2,1-4H3. The van der Waals surface area contributed by atoms with Crippen LogP contribution >= 0.6 is 0 Å². The van der Waals surface area contributed by atoms with Crippen LogP contribution in [0.1, 0.15) is 0 Å². The number of methoxy groups -OCH3 is 3. The normalized spacial score (nSPS) is 14.8. The first-order valence-corrected chi connectivity index (χ1v) is 11.1. The minimum Gasteiger partial charge on any atom is -0.504 e. The second-order valence-corrected chi connectivity index (χ2v) is 8.17. The minimum atomic E-state index is -0.397. The SMILES string of the molecule is COc1ccc(-c2cc(=O)c3c(O)c(OC)c(OCCN4CCN(C)CC4)cc3o2)cc1OC. The Morgan fingerprint density at radius 1 is 0.941 bits per heavy atom. The molecule has 0 bridgehead atoms. The lowest BCUT2D eigenvalue weighted by atomic mass is 10.1. The zero-order chi connectivity index (χ0) is 24.2. The second kappa shape index (κ2) is 10.2. The molecule has 1 aromatic heterocycles. The lowest BCUT2D eigenvalue weighted by molar-refractivity contribution is 0.132. The van der Waals surface area contributed by atoms with Crippen molar-refractivity contribution in [1.29, 1.82) is 0 Å². The van der Waals surface area contributed by atoms with Gasteiger partial charge in [-0.1, -0.05) is 0 Å². The summed E-state index contributed by atoms with van der Waals surface area (Å²) in [4.78, 5) is 17.5. The zero-order valence-electron chi connectivity index (χ0n) is 19.9. The predicted molar refractivity (Wildman–Crippen MR) is 129 cm³/mol. The van der Waals surface area contributed by atoms with Gasteiger partial charge in [0.2, 0.25) is 5.75 Å². The quantitative estimate of drug-likeness (QED) is 0.533. The van der Waals surface area contributed by atoms with Crippen molar-refractivity contribution in [3.63, 3.8) is 0 Å². The molecule has 2 heterocycles. The first-order valence-electron chi connectivity index (χ1n) is 11.1. The first kappa shape index (κ1) is 23.7. The molecule has 0 amide bonds. The molecule has 0 aliphatic carbocycles. The van der Waals surface area contributed by atoms with Crippen LogP contribution in [0.25, 0.3) is 22.3 Å². The van der Waals surface area contributed by atoms with Crippen LogP contribution < -0.4 is 24.4 Å². The van der Waals surface area contributed by atoms with E-state index in [9.17, 15) is 9.90 Å². The maximum atomic E-state index is 12.9. The number of hydrogen-bond donors (Lipinski definition) is 1. The minimum absolute atomic E-state index is 0.0347. The fourth-order valence-electron chi connectivity index (χ4n) is 4.05.